The van der Waals surface area contributed by atoms with E-state index in [-0.39, 0.29) is 12.1 Å². The molecule has 1 unspecified atom stereocenters. The van der Waals surface area contributed by atoms with Gasteiger partial charge in [0.25, 0.3) is 5.91 Å². The third-order valence-corrected chi connectivity index (χ3v) is 6.04. The van der Waals surface area contributed by atoms with Gasteiger partial charge < -0.3 is 15.7 Å². The van der Waals surface area contributed by atoms with E-state index in [9.17, 15) is 14.3 Å². The van der Waals surface area contributed by atoms with Crippen LogP contribution in [0.1, 0.15) is 29.8 Å². The molecule has 4 aromatic heterocycles. The number of hydrogen-bond donors (Lipinski definition) is 3. The van der Waals surface area contributed by atoms with Crippen LogP contribution in [-0.4, -0.2) is 58.9 Å². The Bertz CT molecular complexity index is 1670. The van der Waals surface area contributed by atoms with E-state index < -0.39 is 17.7 Å². The van der Waals surface area contributed by atoms with E-state index in [0.29, 0.717) is 33.8 Å². The molecule has 12 heteroatoms. The first-order valence-electron chi connectivity index (χ1n) is 12.0. The van der Waals surface area contributed by atoms with Gasteiger partial charge in [-0.1, -0.05) is 0 Å². The summed E-state index contributed by atoms with van der Waals surface area (Å²) in [7, 11) is 0. The average Bonchev–Trinajstić information content (AvgIpc) is 3.61. The van der Waals surface area contributed by atoms with Crippen LogP contribution in [0, 0.1) is 11.3 Å². The van der Waals surface area contributed by atoms with Crippen molar-refractivity contribution >= 4 is 22.8 Å². The lowest BCUT2D eigenvalue weighted by Crippen LogP contribution is -2.42. The van der Waals surface area contributed by atoms with Gasteiger partial charge in [0, 0.05) is 11.9 Å². The van der Waals surface area contributed by atoms with Crippen LogP contribution in [0.25, 0.3) is 22.6 Å². The Morgan fingerprint density at radius 2 is 1.85 bits per heavy atom. The third-order valence-electron chi connectivity index (χ3n) is 6.04. The van der Waals surface area contributed by atoms with Gasteiger partial charge in [0.1, 0.15) is 12.2 Å². The lowest BCUT2D eigenvalue weighted by atomic mass is 10.0. The number of carbonyl (C=O) groups is 1. The van der Waals surface area contributed by atoms with Gasteiger partial charge in [-0.2, -0.15) is 25.4 Å². The Balaban J connectivity index is 1.49. The lowest BCUT2D eigenvalue weighted by molar-refractivity contribution is -0.00177. The Labute approximate surface area is 222 Å². The zero-order valence-corrected chi connectivity index (χ0v) is 21.1. The van der Waals surface area contributed by atoms with Crippen molar-refractivity contribution in [2.75, 3.05) is 11.9 Å². The summed E-state index contributed by atoms with van der Waals surface area (Å²) in [5.74, 6) is -0.558. The monoisotopic (exact) mass is 525 g/mol. The van der Waals surface area contributed by atoms with Crippen LogP contribution < -0.4 is 10.6 Å². The number of aromatic nitrogens is 6. The molecule has 0 saturated carbocycles. The highest BCUT2D eigenvalue weighted by Crippen LogP contribution is 2.28. The summed E-state index contributed by atoms with van der Waals surface area (Å²) >= 11 is 0. The highest BCUT2D eigenvalue weighted by molar-refractivity contribution is 6.00. The average molecular weight is 526 g/mol. The molecule has 0 radical (unpaired) electrons. The summed E-state index contributed by atoms with van der Waals surface area (Å²) in [6, 6.07) is 16.4. The molecule has 0 aliphatic carbocycles. The molecule has 5 aromatic rings. The number of alkyl halides is 1. The number of pyridine rings is 1. The molecule has 0 aliphatic heterocycles. The number of anilines is 2. The second-order valence-electron chi connectivity index (χ2n) is 9.35. The first-order valence-corrected chi connectivity index (χ1v) is 12.0. The fourth-order valence-corrected chi connectivity index (χ4v) is 3.84. The maximum absolute atomic E-state index is 14.3. The van der Waals surface area contributed by atoms with Gasteiger partial charge in [-0.05, 0) is 62.4 Å². The SMILES string of the molecule is CC(C)(O)C(F)CNC(=O)c1cnc(-c2ccc3cc(C#N)cnn23)cc1Nc1ccc(-n2nccn2)cc1. The number of amides is 1. The number of fused-ring (bicyclic) bond motifs is 1. The molecule has 0 saturated heterocycles. The molecule has 0 spiro atoms. The van der Waals surface area contributed by atoms with E-state index in [1.807, 2.05) is 36.4 Å². The molecule has 1 amide bonds. The second-order valence-corrected chi connectivity index (χ2v) is 9.35. The van der Waals surface area contributed by atoms with Crippen LogP contribution >= 0.6 is 0 Å². The highest BCUT2D eigenvalue weighted by atomic mass is 19.1. The van der Waals surface area contributed by atoms with Crippen molar-refractivity contribution in [3.8, 4) is 23.1 Å². The normalized spacial score (nSPS) is 12.2. The van der Waals surface area contributed by atoms with E-state index in [1.54, 1.807) is 29.0 Å². The molecule has 3 N–H and O–H groups in total. The smallest absolute Gasteiger partial charge is 0.255 e. The number of benzene rings is 1. The van der Waals surface area contributed by atoms with Crippen LogP contribution in [-0.2, 0) is 0 Å². The molecule has 1 aromatic carbocycles. The van der Waals surface area contributed by atoms with Gasteiger partial charge in [0.2, 0.25) is 0 Å². The van der Waals surface area contributed by atoms with Crippen LogP contribution in [0.5, 0.6) is 0 Å². The molecule has 1 atom stereocenters. The first-order chi connectivity index (χ1) is 18.7. The van der Waals surface area contributed by atoms with Crippen molar-refractivity contribution in [2.45, 2.75) is 25.6 Å². The third kappa shape index (κ3) is 5.43. The molecule has 39 heavy (non-hydrogen) atoms. The van der Waals surface area contributed by atoms with E-state index in [0.717, 1.165) is 5.69 Å². The standard InChI is InChI=1S/C27H24FN9O2/c1-27(2,39)25(28)16-31-26(38)21-15-30-23(24-8-7-20-11-17(13-29)14-34-36(20)24)12-22(21)35-18-3-5-19(6-4-18)37-32-9-10-33-37/h3-12,14-15,25,39H,16H2,1-2H3,(H,30,35)(H,31,38). The van der Waals surface area contributed by atoms with Crippen molar-refractivity contribution < 1.29 is 14.3 Å². The predicted octanol–water partition coefficient (Wildman–Crippen LogP) is 3.43. The minimum Gasteiger partial charge on any atom is -0.387 e. The largest absolute Gasteiger partial charge is 0.387 e. The van der Waals surface area contributed by atoms with Crippen molar-refractivity contribution in [1.29, 1.82) is 5.26 Å². The molecular formula is C27H24FN9O2. The lowest BCUT2D eigenvalue weighted by Gasteiger charge is -2.22. The zero-order chi connectivity index (χ0) is 27.6. The van der Waals surface area contributed by atoms with Gasteiger partial charge in [-0.25, -0.2) is 8.91 Å². The Morgan fingerprint density at radius 3 is 2.54 bits per heavy atom. The van der Waals surface area contributed by atoms with Gasteiger partial charge in [-0.15, -0.1) is 0 Å². The van der Waals surface area contributed by atoms with Crippen molar-refractivity contribution in [3.63, 3.8) is 0 Å². The molecule has 0 bridgehead atoms. The van der Waals surface area contributed by atoms with E-state index in [4.69, 9.17) is 5.26 Å². The Kier molecular flexibility index (Phi) is 6.74. The molecular weight excluding hydrogens is 501 g/mol. The van der Waals surface area contributed by atoms with Gasteiger partial charge in [0.15, 0.2) is 0 Å². The van der Waals surface area contributed by atoms with E-state index in [2.05, 4.69) is 37.0 Å². The predicted molar refractivity (Wildman–Crippen MR) is 141 cm³/mol. The minimum absolute atomic E-state index is 0.181. The fourth-order valence-electron chi connectivity index (χ4n) is 3.84. The number of hydrogen-bond acceptors (Lipinski definition) is 8. The summed E-state index contributed by atoms with van der Waals surface area (Å²) < 4.78 is 16.0. The Hall–Kier alpha value is -5.15. The van der Waals surface area contributed by atoms with Gasteiger partial charge in [-0.3, -0.25) is 9.78 Å². The number of nitriles is 1. The van der Waals surface area contributed by atoms with Crippen molar-refractivity contribution in [2.24, 2.45) is 0 Å². The summed E-state index contributed by atoms with van der Waals surface area (Å²) in [5, 5.41) is 37.4. The van der Waals surface area contributed by atoms with E-state index >= 15 is 0 Å². The molecule has 196 valence electrons. The molecule has 0 aliphatic rings. The van der Waals surface area contributed by atoms with Crippen LogP contribution in [0.3, 0.4) is 0 Å². The Morgan fingerprint density at radius 1 is 1.10 bits per heavy atom. The quantitative estimate of drug-likeness (QED) is 0.279. The first kappa shape index (κ1) is 25.5. The topological polar surface area (TPSA) is 146 Å². The van der Waals surface area contributed by atoms with Gasteiger partial charge in [0.05, 0.1) is 70.1 Å². The maximum atomic E-state index is 14.3. The van der Waals surface area contributed by atoms with Crippen LogP contribution in [0.2, 0.25) is 0 Å². The molecule has 0 fully saturated rings. The molecule has 11 nitrogen and oxygen atoms in total. The summed E-state index contributed by atoms with van der Waals surface area (Å²) in [5.41, 5.74) is 2.74. The summed E-state index contributed by atoms with van der Waals surface area (Å²) in [6.45, 7) is 2.31. The minimum atomic E-state index is -1.66. The number of rotatable bonds is 8. The van der Waals surface area contributed by atoms with Gasteiger partial charge >= 0.3 is 0 Å². The van der Waals surface area contributed by atoms with Crippen LogP contribution in [0.15, 0.2) is 73.3 Å². The zero-order valence-electron chi connectivity index (χ0n) is 21.1. The number of nitrogens with one attached hydrogen (secondary N) is 2. The van der Waals surface area contributed by atoms with E-state index in [1.165, 1.54) is 31.0 Å². The molecule has 4 heterocycles. The summed E-state index contributed by atoms with van der Waals surface area (Å²) in [6.07, 6.45) is 4.36. The van der Waals surface area contributed by atoms with Crippen molar-refractivity contribution in [1.82, 2.24) is 34.9 Å². The van der Waals surface area contributed by atoms with Crippen LogP contribution in [0.4, 0.5) is 15.8 Å². The highest BCUT2D eigenvalue weighted by Gasteiger charge is 2.27. The van der Waals surface area contributed by atoms with Crippen molar-refractivity contribution in [3.05, 3.63) is 84.4 Å². The number of halogens is 1. The number of nitrogens with zero attached hydrogens (tertiary/aromatic N) is 7. The maximum Gasteiger partial charge on any atom is 0.255 e. The summed E-state index contributed by atoms with van der Waals surface area (Å²) in [4.78, 5) is 19.0. The number of carbonyl (C=O) groups excluding carboxylic acids is 1. The molecule has 5 rings (SSSR count). The fraction of sp³-hybridized carbons (Fsp3) is 0.185. The second kappa shape index (κ2) is 10.3. The number of aliphatic hydroxyl groups is 1.